The topological polar surface area (TPSA) is 32.3 Å². The SMILES string of the molecule is CC(C)C(SCc1ccccc1)C(=O)Nc1ccc(CCN(C)C)cc1. The molecule has 0 fully saturated rings. The predicted molar refractivity (Wildman–Crippen MR) is 114 cm³/mol. The van der Waals surface area contributed by atoms with Gasteiger partial charge in [-0.3, -0.25) is 4.79 Å². The molecule has 26 heavy (non-hydrogen) atoms. The van der Waals surface area contributed by atoms with Crippen LogP contribution in [0.2, 0.25) is 0 Å². The number of nitrogens with zero attached hydrogens (tertiary/aromatic N) is 1. The normalized spacial score (nSPS) is 12.4. The third kappa shape index (κ3) is 6.85. The van der Waals surface area contributed by atoms with Crippen LogP contribution >= 0.6 is 11.8 Å². The van der Waals surface area contributed by atoms with E-state index in [0.29, 0.717) is 0 Å². The van der Waals surface area contributed by atoms with Crippen molar-refractivity contribution < 1.29 is 4.79 Å². The van der Waals surface area contributed by atoms with Crippen LogP contribution in [0.3, 0.4) is 0 Å². The molecule has 2 rings (SSSR count). The van der Waals surface area contributed by atoms with E-state index in [1.807, 2.05) is 30.3 Å². The second-order valence-electron chi connectivity index (χ2n) is 7.20. The second-order valence-corrected chi connectivity index (χ2v) is 8.33. The van der Waals surface area contributed by atoms with Crippen LogP contribution in [0.1, 0.15) is 25.0 Å². The number of nitrogens with one attached hydrogen (secondary N) is 1. The van der Waals surface area contributed by atoms with Crippen molar-refractivity contribution in [1.29, 1.82) is 0 Å². The molecule has 2 aromatic rings. The molecule has 1 amide bonds. The Balaban J connectivity index is 1.92. The lowest BCUT2D eigenvalue weighted by molar-refractivity contribution is -0.116. The number of hydrogen-bond acceptors (Lipinski definition) is 3. The van der Waals surface area contributed by atoms with Crippen molar-refractivity contribution in [3.63, 3.8) is 0 Å². The van der Waals surface area contributed by atoms with E-state index in [4.69, 9.17) is 0 Å². The minimum absolute atomic E-state index is 0.0661. The summed E-state index contributed by atoms with van der Waals surface area (Å²) in [5.74, 6) is 1.21. The highest BCUT2D eigenvalue weighted by Gasteiger charge is 2.22. The van der Waals surface area contributed by atoms with Gasteiger partial charge >= 0.3 is 0 Å². The van der Waals surface area contributed by atoms with Gasteiger partial charge in [-0.2, -0.15) is 0 Å². The van der Waals surface area contributed by atoms with Crippen molar-refractivity contribution in [3.05, 3.63) is 65.7 Å². The zero-order valence-electron chi connectivity index (χ0n) is 16.2. The van der Waals surface area contributed by atoms with E-state index in [1.54, 1.807) is 11.8 Å². The maximum Gasteiger partial charge on any atom is 0.237 e. The molecule has 0 radical (unpaired) electrons. The predicted octanol–water partition coefficient (Wildman–Crippen LogP) is 4.69. The molecule has 2 aromatic carbocycles. The molecule has 0 spiro atoms. The average molecular weight is 371 g/mol. The molecule has 4 heteroatoms. The summed E-state index contributed by atoms with van der Waals surface area (Å²) in [5, 5.41) is 3.02. The first-order valence-electron chi connectivity index (χ1n) is 9.16. The largest absolute Gasteiger partial charge is 0.325 e. The van der Waals surface area contributed by atoms with Gasteiger partial charge in [0.15, 0.2) is 0 Å². The number of anilines is 1. The molecule has 1 N–H and O–H groups in total. The summed E-state index contributed by atoms with van der Waals surface area (Å²) in [6, 6.07) is 18.5. The van der Waals surface area contributed by atoms with Crippen molar-refractivity contribution in [2.45, 2.75) is 31.3 Å². The van der Waals surface area contributed by atoms with E-state index in [9.17, 15) is 4.79 Å². The number of hydrogen-bond donors (Lipinski definition) is 1. The van der Waals surface area contributed by atoms with Crippen LogP contribution in [0.5, 0.6) is 0 Å². The van der Waals surface area contributed by atoms with E-state index < -0.39 is 0 Å². The lowest BCUT2D eigenvalue weighted by atomic mass is 10.1. The van der Waals surface area contributed by atoms with Gasteiger partial charge in [0.25, 0.3) is 0 Å². The van der Waals surface area contributed by atoms with Gasteiger partial charge in [0.05, 0.1) is 5.25 Å². The Morgan fingerprint density at radius 2 is 1.65 bits per heavy atom. The fourth-order valence-electron chi connectivity index (χ4n) is 2.65. The molecule has 140 valence electrons. The van der Waals surface area contributed by atoms with Crippen molar-refractivity contribution in [3.8, 4) is 0 Å². The van der Waals surface area contributed by atoms with Gasteiger partial charge < -0.3 is 10.2 Å². The highest BCUT2D eigenvalue weighted by molar-refractivity contribution is 7.99. The van der Waals surface area contributed by atoms with Crippen LogP contribution in [-0.2, 0) is 17.0 Å². The van der Waals surface area contributed by atoms with Gasteiger partial charge in [-0.1, -0.05) is 56.3 Å². The zero-order valence-corrected chi connectivity index (χ0v) is 17.1. The number of likely N-dealkylation sites (N-methyl/N-ethyl adjacent to an activating group) is 1. The maximum absolute atomic E-state index is 12.7. The van der Waals surface area contributed by atoms with E-state index in [2.05, 4.69) is 62.4 Å². The van der Waals surface area contributed by atoms with Gasteiger partial charge in [-0.05, 0) is 49.7 Å². The minimum atomic E-state index is -0.0661. The Hall–Kier alpha value is -1.78. The third-order valence-corrected chi connectivity index (χ3v) is 5.82. The number of amides is 1. The molecule has 1 unspecified atom stereocenters. The van der Waals surface area contributed by atoms with Gasteiger partial charge in [0.2, 0.25) is 5.91 Å². The van der Waals surface area contributed by atoms with Crippen molar-refractivity contribution in [2.75, 3.05) is 26.0 Å². The van der Waals surface area contributed by atoms with Crippen LogP contribution in [0.25, 0.3) is 0 Å². The van der Waals surface area contributed by atoms with E-state index in [0.717, 1.165) is 24.4 Å². The van der Waals surface area contributed by atoms with E-state index in [-0.39, 0.29) is 17.1 Å². The van der Waals surface area contributed by atoms with Crippen LogP contribution in [0, 0.1) is 5.92 Å². The standard InChI is InChI=1S/C22H30N2OS/c1-17(2)21(26-16-19-8-6-5-7-9-19)22(25)23-20-12-10-18(11-13-20)14-15-24(3)4/h5-13,17,21H,14-16H2,1-4H3,(H,23,25). The lowest BCUT2D eigenvalue weighted by Crippen LogP contribution is -2.29. The highest BCUT2D eigenvalue weighted by Crippen LogP contribution is 2.25. The molecular formula is C22H30N2OS. The minimum Gasteiger partial charge on any atom is -0.325 e. The van der Waals surface area contributed by atoms with Crippen molar-refractivity contribution in [1.82, 2.24) is 4.90 Å². The number of rotatable bonds is 9. The number of thioether (sulfide) groups is 1. The smallest absolute Gasteiger partial charge is 0.237 e. The van der Waals surface area contributed by atoms with E-state index >= 15 is 0 Å². The number of carbonyl (C=O) groups excluding carboxylic acids is 1. The van der Waals surface area contributed by atoms with Crippen LogP contribution in [0.15, 0.2) is 54.6 Å². The zero-order chi connectivity index (χ0) is 18.9. The highest BCUT2D eigenvalue weighted by atomic mass is 32.2. The van der Waals surface area contributed by atoms with E-state index in [1.165, 1.54) is 11.1 Å². The molecular weight excluding hydrogens is 340 g/mol. The molecule has 0 aliphatic carbocycles. The molecule has 1 atom stereocenters. The lowest BCUT2D eigenvalue weighted by Gasteiger charge is -2.20. The Morgan fingerprint density at radius 1 is 1.00 bits per heavy atom. The van der Waals surface area contributed by atoms with Crippen LogP contribution < -0.4 is 5.32 Å². The van der Waals surface area contributed by atoms with Crippen LogP contribution in [-0.4, -0.2) is 36.7 Å². The summed E-state index contributed by atoms with van der Waals surface area (Å²) in [6.07, 6.45) is 1.02. The summed E-state index contributed by atoms with van der Waals surface area (Å²) in [4.78, 5) is 14.9. The molecule has 0 saturated carbocycles. The summed E-state index contributed by atoms with van der Waals surface area (Å²) >= 11 is 1.71. The third-order valence-electron chi connectivity index (χ3n) is 4.21. The van der Waals surface area contributed by atoms with Crippen molar-refractivity contribution in [2.24, 2.45) is 5.92 Å². The fraction of sp³-hybridized carbons (Fsp3) is 0.409. The van der Waals surface area contributed by atoms with Gasteiger partial charge in [-0.25, -0.2) is 0 Å². The quantitative estimate of drug-likeness (QED) is 0.695. The second kappa shape index (κ2) is 10.4. The molecule has 0 saturated heterocycles. The van der Waals surface area contributed by atoms with Crippen LogP contribution in [0.4, 0.5) is 5.69 Å². The molecule has 0 aliphatic heterocycles. The molecule has 0 bridgehead atoms. The Kier molecular flexibility index (Phi) is 8.20. The summed E-state index contributed by atoms with van der Waals surface area (Å²) in [7, 11) is 4.15. The Labute approximate surface area is 162 Å². The number of benzene rings is 2. The summed E-state index contributed by atoms with van der Waals surface area (Å²) < 4.78 is 0. The number of carbonyl (C=O) groups is 1. The first-order valence-corrected chi connectivity index (χ1v) is 10.2. The monoisotopic (exact) mass is 370 g/mol. The fourth-order valence-corrected chi connectivity index (χ4v) is 3.81. The Morgan fingerprint density at radius 3 is 2.23 bits per heavy atom. The van der Waals surface area contributed by atoms with Gasteiger partial charge in [-0.15, -0.1) is 11.8 Å². The molecule has 0 aromatic heterocycles. The molecule has 0 aliphatic rings. The summed E-state index contributed by atoms with van der Waals surface area (Å²) in [6.45, 7) is 5.23. The molecule has 0 heterocycles. The summed E-state index contributed by atoms with van der Waals surface area (Å²) in [5.41, 5.74) is 3.41. The van der Waals surface area contributed by atoms with Gasteiger partial charge in [0, 0.05) is 18.0 Å². The van der Waals surface area contributed by atoms with Gasteiger partial charge in [0.1, 0.15) is 0 Å². The molecule has 3 nitrogen and oxygen atoms in total. The first-order chi connectivity index (χ1) is 12.5. The Bertz CT molecular complexity index is 668. The average Bonchev–Trinajstić information content (AvgIpc) is 2.62. The first kappa shape index (κ1) is 20.5. The van der Waals surface area contributed by atoms with Crippen molar-refractivity contribution >= 4 is 23.4 Å². The maximum atomic E-state index is 12.7.